The molecule has 1 unspecified atom stereocenters. The number of rotatable bonds is 11. The number of nitrogens with one attached hydrogen (secondary N) is 3. The van der Waals surface area contributed by atoms with Crippen LogP contribution in [0, 0.1) is 0 Å². The molecule has 0 saturated carbocycles. The predicted molar refractivity (Wildman–Crippen MR) is 102 cm³/mol. The number of alkyl halides is 3. The van der Waals surface area contributed by atoms with Gasteiger partial charge in [-0.2, -0.15) is 23.3 Å². The maximum Gasteiger partial charge on any atom is 0.421 e. The van der Waals surface area contributed by atoms with Gasteiger partial charge in [0, 0.05) is 31.7 Å². The lowest BCUT2D eigenvalue weighted by molar-refractivity contribution is -0.138. The molecule has 1 atom stereocenters. The minimum Gasteiger partial charge on any atom is -0.349 e. The lowest BCUT2D eigenvalue weighted by atomic mass is 10.2. The summed E-state index contributed by atoms with van der Waals surface area (Å²) in [6, 6.07) is 1.22. The summed E-state index contributed by atoms with van der Waals surface area (Å²) in [4.78, 5) is 25.7. The Labute approximate surface area is 171 Å². The number of halogens is 3. The molecule has 2 aromatic heterocycles. The lowest BCUT2D eigenvalue weighted by Gasteiger charge is -2.23. The van der Waals surface area contributed by atoms with Gasteiger partial charge in [0.15, 0.2) is 5.82 Å². The van der Waals surface area contributed by atoms with E-state index in [4.69, 9.17) is 4.84 Å². The van der Waals surface area contributed by atoms with Crippen LogP contribution in [0.25, 0.3) is 5.82 Å². The van der Waals surface area contributed by atoms with Gasteiger partial charge >= 0.3 is 6.18 Å². The average Bonchev–Trinajstić information content (AvgIpc) is 3.20. The number of carbonyl (C=O) groups excluding carboxylic acids is 1. The lowest BCUT2D eigenvalue weighted by Crippen LogP contribution is -2.42. The summed E-state index contributed by atoms with van der Waals surface area (Å²) in [6.45, 7) is 4.18. The Hall–Kier alpha value is -3.03. The molecule has 164 valence electrons. The summed E-state index contributed by atoms with van der Waals surface area (Å²) >= 11 is 0. The molecule has 0 saturated heterocycles. The standard InChI is InChI=1S/C17H23F3N8O2/c1-4-14(29)26-30-11-21-8-12(10-27(2)3)24-16-22-9-13(17(18,19)20)15(25-16)28-7-5-6-23-28/h4-7,9,12,21H,1,8,10-11H2,2-3H3,(H,26,29)(H,22,24,25). The molecule has 0 radical (unpaired) electrons. The minimum atomic E-state index is -4.63. The summed E-state index contributed by atoms with van der Waals surface area (Å²) in [7, 11) is 3.69. The van der Waals surface area contributed by atoms with Crippen LogP contribution in [-0.4, -0.2) is 70.5 Å². The number of amides is 1. The first-order chi connectivity index (χ1) is 14.2. The summed E-state index contributed by atoms with van der Waals surface area (Å²) in [5, 5.41) is 9.80. The molecule has 2 rings (SSSR count). The third-order valence-corrected chi connectivity index (χ3v) is 3.64. The van der Waals surface area contributed by atoms with Crippen molar-refractivity contribution in [3.8, 4) is 5.82 Å². The van der Waals surface area contributed by atoms with Crippen molar-refractivity contribution in [2.45, 2.75) is 12.2 Å². The topological polar surface area (TPSA) is 109 Å². The molecule has 10 nitrogen and oxygen atoms in total. The zero-order valence-corrected chi connectivity index (χ0v) is 16.5. The molecule has 0 aliphatic carbocycles. The van der Waals surface area contributed by atoms with Crippen molar-refractivity contribution >= 4 is 11.9 Å². The second-order valence-electron chi connectivity index (χ2n) is 6.40. The predicted octanol–water partition coefficient (Wildman–Crippen LogP) is 0.804. The summed E-state index contributed by atoms with van der Waals surface area (Å²) in [6.07, 6.45) is -0.109. The molecular weight excluding hydrogens is 405 g/mol. The van der Waals surface area contributed by atoms with E-state index in [-0.39, 0.29) is 24.5 Å². The highest BCUT2D eigenvalue weighted by Gasteiger charge is 2.36. The second-order valence-corrected chi connectivity index (χ2v) is 6.40. The van der Waals surface area contributed by atoms with E-state index in [2.05, 4.69) is 37.8 Å². The fraction of sp³-hybridized carbons (Fsp3) is 0.412. The van der Waals surface area contributed by atoms with E-state index >= 15 is 0 Å². The second kappa shape index (κ2) is 10.7. The number of aromatic nitrogens is 4. The molecule has 0 bridgehead atoms. The van der Waals surface area contributed by atoms with E-state index < -0.39 is 17.6 Å². The fourth-order valence-electron chi connectivity index (χ4n) is 2.43. The van der Waals surface area contributed by atoms with Crippen molar-refractivity contribution in [2.75, 3.05) is 39.2 Å². The SMILES string of the molecule is C=CC(=O)NOCNCC(CN(C)C)Nc1ncc(C(F)(F)F)c(-n2cccn2)n1. The summed E-state index contributed by atoms with van der Waals surface area (Å²) in [5.41, 5.74) is 1.15. The molecular formula is C17H23F3N8O2. The molecule has 30 heavy (non-hydrogen) atoms. The number of hydrogen-bond donors (Lipinski definition) is 3. The minimum absolute atomic E-state index is 0.0115. The molecule has 2 heterocycles. The van der Waals surface area contributed by atoms with Gasteiger partial charge < -0.3 is 10.2 Å². The quantitative estimate of drug-likeness (QED) is 0.209. The van der Waals surface area contributed by atoms with Gasteiger partial charge in [0.1, 0.15) is 12.3 Å². The molecule has 13 heteroatoms. The van der Waals surface area contributed by atoms with Gasteiger partial charge in [-0.05, 0) is 26.2 Å². The van der Waals surface area contributed by atoms with Gasteiger partial charge in [-0.1, -0.05) is 6.58 Å². The van der Waals surface area contributed by atoms with Crippen LogP contribution in [0.1, 0.15) is 5.56 Å². The Kier molecular flexibility index (Phi) is 8.26. The van der Waals surface area contributed by atoms with Crippen molar-refractivity contribution in [3.63, 3.8) is 0 Å². The highest BCUT2D eigenvalue weighted by Crippen LogP contribution is 2.32. The van der Waals surface area contributed by atoms with Crippen molar-refractivity contribution in [2.24, 2.45) is 0 Å². The molecule has 0 aromatic carbocycles. The fourth-order valence-corrected chi connectivity index (χ4v) is 2.43. The van der Waals surface area contributed by atoms with Crippen molar-refractivity contribution in [3.05, 3.63) is 42.9 Å². The van der Waals surface area contributed by atoms with Crippen LogP contribution >= 0.6 is 0 Å². The Morgan fingerprint density at radius 1 is 1.43 bits per heavy atom. The molecule has 0 aliphatic rings. The Balaban J connectivity index is 2.10. The van der Waals surface area contributed by atoms with Crippen LogP contribution in [0.3, 0.4) is 0 Å². The smallest absolute Gasteiger partial charge is 0.349 e. The molecule has 0 spiro atoms. The Morgan fingerprint density at radius 2 is 2.20 bits per heavy atom. The highest BCUT2D eigenvalue weighted by molar-refractivity contribution is 5.85. The Morgan fingerprint density at radius 3 is 2.80 bits per heavy atom. The molecule has 1 amide bonds. The number of hydroxylamine groups is 1. The number of carbonyl (C=O) groups is 1. The molecule has 0 fully saturated rings. The van der Waals surface area contributed by atoms with Gasteiger partial charge in [0.2, 0.25) is 5.95 Å². The van der Waals surface area contributed by atoms with E-state index in [1.807, 2.05) is 19.0 Å². The molecule has 3 N–H and O–H groups in total. The average molecular weight is 428 g/mol. The summed E-state index contributed by atoms with van der Waals surface area (Å²) in [5.74, 6) is -0.843. The van der Waals surface area contributed by atoms with Gasteiger partial charge in [0.25, 0.3) is 5.91 Å². The largest absolute Gasteiger partial charge is 0.421 e. The third-order valence-electron chi connectivity index (χ3n) is 3.64. The molecule has 0 aliphatic heterocycles. The first-order valence-electron chi connectivity index (χ1n) is 8.81. The number of anilines is 1. The number of hydrogen-bond acceptors (Lipinski definition) is 8. The van der Waals surface area contributed by atoms with Crippen LogP contribution < -0.4 is 16.1 Å². The first kappa shape index (κ1) is 23.3. The zero-order valence-electron chi connectivity index (χ0n) is 16.5. The first-order valence-corrected chi connectivity index (χ1v) is 8.81. The van der Waals surface area contributed by atoms with Gasteiger partial charge in [-0.25, -0.2) is 15.1 Å². The normalized spacial score (nSPS) is 12.6. The Bertz CT molecular complexity index is 827. The molecule has 2 aromatic rings. The van der Waals surface area contributed by atoms with Gasteiger partial charge in [-0.15, -0.1) is 0 Å². The van der Waals surface area contributed by atoms with Crippen molar-refractivity contribution < 1.29 is 22.8 Å². The van der Waals surface area contributed by atoms with Crippen molar-refractivity contribution in [1.82, 2.24) is 35.4 Å². The maximum absolute atomic E-state index is 13.3. The van der Waals surface area contributed by atoms with Crippen molar-refractivity contribution in [1.29, 1.82) is 0 Å². The van der Waals surface area contributed by atoms with Crippen LogP contribution in [0.4, 0.5) is 19.1 Å². The van der Waals surface area contributed by atoms with Gasteiger partial charge in [0.05, 0.1) is 6.04 Å². The monoisotopic (exact) mass is 428 g/mol. The van der Waals surface area contributed by atoms with E-state index in [1.165, 1.54) is 18.5 Å². The van der Waals surface area contributed by atoms with Crippen LogP contribution in [0.15, 0.2) is 37.3 Å². The van der Waals surface area contributed by atoms with Crippen LogP contribution in [0.5, 0.6) is 0 Å². The van der Waals surface area contributed by atoms with Crippen LogP contribution in [0.2, 0.25) is 0 Å². The maximum atomic E-state index is 13.3. The van der Waals surface area contributed by atoms with E-state index in [0.717, 1.165) is 17.0 Å². The van der Waals surface area contributed by atoms with E-state index in [1.54, 1.807) is 0 Å². The van der Waals surface area contributed by atoms with E-state index in [9.17, 15) is 18.0 Å². The van der Waals surface area contributed by atoms with Crippen LogP contribution in [-0.2, 0) is 15.8 Å². The van der Waals surface area contributed by atoms with E-state index in [0.29, 0.717) is 13.1 Å². The number of nitrogens with zero attached hydrogens (tertiary/aromatic N) is 5. The van der Waals surface area contributed by atoms with Gasteiger partial charge in [-0.3, -0.25) is 14.9 Å². The number of likely N-dealkylation sites (N-methyl/N-ethyl adjacent to an activating group) is 1. The zero-order chi connectivity index (χ0) is 22.1. The summed E-state index contributed by atoms with van der Waals surface area (Å²) < 4.78 is 41.0. The highest BCUT2D eigenvalue weighted by atomic mass is 19.4. The third kappa shape index (κ3) is 7.09.